The minimum Gasteiger partial charge on any atom is -0.493 e. The fraction of sp³-hybridized carbons (Fsp3) is 0.316. The molecule has 0 N–H and O–H groups in total. The molecule has 0 saturated carbocycles. The van der Waals surface area contributed by atoms with Crippen LogP contribution in [0.4, 0.5) is 13.2 Å². The molecule has 1 amide bonds. The second-order valence-corrected chi connectivity index (χ2v) is 6.15. The minimum atomic E-state index is -4.82. The smallest absolute Gasteiger partial charge is 0.493 e. The molecule has 0 saturated heterocycles. The first-order valence-corrected chi connectivity index (χ1v) is 8.63. The Bertz CT molecular complexity index is 842. The summed E-state index contributed by atoms with van der Waals surface area (Å²) in [6.45, 7) is 2.04. The molecule has 0 radical (unpaired) electrons. The standard InChI is InChI=1S/C19H19ClF3NO4/c1-4-27-17-14(20)9-13(10-16(17)26-3)18(25)24(2)11-12-7-5-6-8-15(12)28-19(21,22)23/h5-10H,4,11H2,1-3H3. The Morgan fingerprint density at radius 2 is 1.86 bits per heavy atom. The van der Waals surface area contributed by atoms with E-state index in [1.807, 2.05) is 0 Å². The van der Waals surface area contributed by atoms with Crippen molar-refractivity contribution in [2.24, 2.45) is 0 Å². The molecule has 2 aromatic carbocycles. The predicted octanol–water partition coefficient (Wildman–Crippen LogP) is 4.92. The van der Waals surface area contributed by atoms with Gasteiger partial charge in [-0.3, -0.25) is 4.79 Å². The van der Waals surface area contributed by atoms with Gasteiger partial charge in [-0.05, 0) is 25.1 Å². The number of rotatable bonds is 7. The number of carbonyl (C=O) groups excluding carboxylic acids is 1. The molecule has 0 heterocycles. The van der Waals surface area contributed by atoms with E-state index in [9.17, 15) is 18.0 Å². The summed E-state index contributed by atoms with van der Waals surface area (Å²) in [7, 11) is 2.88. The van der Waals surface area contributed by atoms with Gasteiger partial charge in [0.25, 0.3) is 5.91 Å². The molecule has 0 fully saturated rings. The van der Waals surface area contributed by atoms with E-state index in [4.69, 9.17) is 21.1 Å². The molecular weight excluding hydrogens is 399 g/mol. The van der Waals surface area contributed by atoms with E-state index < -0.39 is 12.3 Å². The zero-order valence-electron chi connectivity index (χ0n) is 15.5. The van der Waals surface area contributed by atoms with Crippen LogP contribution >= 0.6 is 11.6 Å². The second kappa shape index (κ2) is 9.05. The fourth-order valence-corrected chi connectivity index (χ4v) is 2.80. The lowest BCUT2D eigenvalue weighted by Gasteiger charge is -2.21. The summed E-state index contributed by atoms with van der Waals surface area (Å²) in [5.74, 6) is -0.219. The highest BCUT2D eigenvalue weighted by Gasteiger charge is 2.32. The van der Waals surface area contributed by atoms with Gasteiger partial charge in [-0.25, -0.2) is 0 Å². The molecule has 0 spiro atoms. The Labute approximate surface area is 165 Å². The SMILES string of the molecule is CCOc1c(Cl)cc(C(=O)N(C)Cc2ccccc2OC(F)(F)F)cc1OC. The van der Waals surface area contributed by atoms with Crippen LogP contribution in [-0.2, 0) is 6.54 Å². The van der Waals surface area contributed by atoms with Crippen molar-refractivity contribution in [2.75, 3.05) is 20.8 Å². The lowest BCUT2D eigenvalue weighted by molar-refractivity contribution is -0.275. The van der Waals surface area contributed by atoms with Crippen molar-refractivity contribution in [1.29, 1.82) is 0 Å². The average Bonchev–Trinajstić information content (AvgIpc) is 2.63. The number of methoxy groups -OCH3 is 1. The molecule has 2 aromatic rings. The third-order valence-corrected chi connectivity index (χ3v) is 4.00. The zero-order chi connectivity index (χ0) is 20.9. The molecule has 0 aromatic heterocycles. The van der Waals surface area contributed by atoms with Crippen molar-refractivity contribution in [3.05, 3.63) is 52.5 Å². The normalized spacial score (nSPS) is 11.1. The number of alkyl halides is 3. The van der Waals surface area contributed by atoms with E-state index in [1.54, 1.807) is 13.0 Å². The van der Waals surface area contributed by atoms with Crippen LogP contribution in [0.1, 0.15) is 22.8 Å². The molecule has 152 valence electrons. The third kappa shape index (κ3) is 5.45. The lowest BCUT2D eigenvalue weighted by Crippen LogP contribution is -2.27. The molecule has 2 rings (SSSR count). The van der Waals surface area contributed by atoms with Crippen molar-refractivity contribution in [3.8, 4) is 17.2 Å². The van der Waals surface area contributed by atoms with Crippen LogP contribution in [-0.4, -0.2) is 37.9 Å². The molecule has 0 aliphatic carbocycles. The Morgan fingerprint density at radius 1 is 1.18 bits per heavy atom. The van der Waals surface area contributed by atoms with E-state index in [1.165, 1.54) is 49.4 Å². The number of halogens is 4. The van der Waals surface area contributed by atoms with E-state index in [2.05, 4.69) is 4.74 Å². The van der Waals surface area contributed by atoms with Crippen LogP contribution in [0.2, 0.25) is 5.02 Å². The first kappa shape index (κ1) is 21.7. The molecule has 0 unspecified atom stereocenters. The van der Waals surface area contributed by atoms with E-state index in [-0.39, 0.29) is 34.2 Å². The maximum atomic E-state index is 12.7. The van der Waals surface area contributed by atoms with E-state index in [0.29, 0.717) is 12.4 Å². The fourth-order valence-electron chi connectivity index (χ4n) is 2.53. The largest absolute Gasteiger partial charge is 0.573 e. The number of nitrogens with zero attached hydrogens (tertiary/aromatic N) is 1. The van der Waals surface area contributed by atoms with Gasteiger partial charge in [0.05, 0.1) is 18.7 Å². The van der Waals surface area contributed by atoms with Crippen LogP contribution in [0, 0.1) is 0 Å². The number of hydrogen-bond donors (Lipinski definition) is 0. The van der Waals surface area contributed by atoms with Gasteiger partial charge in [0.2, 0.25) is 0 Å². The molecule has 0 aliphatic rings. The maximum Gasteiger partial charge on any atom is 0.573 e. The van der Waals surface area contributed by atoms with Gasteiger partial charge in [-0.15, -0.1) is 13.2 Å². The van der Waals surface area contributed by atoms with Gasteiger partial charge in [0.1, 0.15) is 5.75 Å². The van der Waals surface area contributed by atoms with Crippen molar-refractivity contribution in [1.82, 2.24) is 4.90 Å². The minimum absolute atomic E-state index is 0.0990. The Balaban J connectivity index is 2.26. The number of para-hydroxylation sites is 1. The molecule has 9 heteroatoms. The monoisotopic (exact) mass is 417 g/mol. The Hall–Kier alpha value is -2.61. The first-order chi connectivity index (χ1) is 13.2. The van der Waals surface area contributed by atoms with E-state index in [0.717, 1.165) is 0 Å². The summed E-state index contributed by atoms with van der Waals surface area (Å²) in [4.78, 5) is 14.0. The highest BCUT2D eigenvalue weighted by atomic mass is 35.5. The average molecular weight is 418 g/mol. The van der Waals surface area contributed by atoms with Gasteiger partial charge in [0.15, 0.2) is 11.5 Å². The number of ether oxygens (including phenoxy) is 3. The Kier molecular flexibility index (Phi) is 7.01. The number of amides is 1. The molecule has 0 aliphatic heterocycles. The van der Waals surface area contributed by atoms with Gasteiger partial charge in [0, 0.05) is 24.7 Å². The van der Waals surface area contributed by atoms with Crippen LogP contribution in [0.15, 0.2) is 36.4 Å². The summed E-state index contributed by atoms with van der Waals surface area (Å²) in [5.41, 5.74) is 0.418. The van der Waals surface area contributed by atoms with Crippen molar-refractivity contribution in [3.63, 3.8) is 0 Å². The molecule has 5 nitrogen and oxygen atoms in total. The van der Waals surface area contributed by atoms with Crippen LogP contribution in [0.25, 0.3) is 0 Å². The van der Waals surface area contributed by atoms with Gasteiger partial charge < -0.3 is 19.1 Å². The quantitative estimate of drug-likeness (QED) is 0.641. The molecule has 0 atom stereocenters. The maximum absolute atomic E-state index is 12.7. The Morgan fingerprint density at radius 3 is 2.46 bits per heavy atom. The topological polar surface area (TPSA) is 48.0 Å². The molecule has 0 bridgehead atoms. The summed E-state index contributed by atoms with van der Waals surface area (Å²) < 4.78 is 52.3. The van der Waals surface area contributed by atoms with Crippen molar-refractivity contribution < 1.29 is 32.2 Å². The summed E-state index contributed by atoms with van der Waals surface area (Å²) in [5, 5.41) is 0.193. The summed E-state index contributed by atoms with van der Waals surface area (Å²) in [6, 6.07) is 8.52. The second-order valence-electron chi connectivity index (χ2n) is 5.74. The zero-order valence-corrected chi connectivity index (χ0v) is 16.2. The highest BCUT2D eigenvalue weighted by molar-refractivity contribution is 6.32. The van der Waals surface area contributed by atoms with Crippen LogP contribution in [0.3, 0.4) is 0 Å². The number of carbonyl (C=O) groups is 1. The van der Waals surface area contributed by atoms with Gasteiger partial charge in [-0.1, -0.05) is 29.8 Å². The third-order valence-electron chi connectivity index (χ3n) is 3.72. The van der Waals surface area contributed by atoms with E-state index >= 15 is 0 Å². The van der Waals surface area contributed by atoms with Crippen molar-refractivity contribution >= 4 is 17.5 Å². The number of benzene rings is 2. The van der Waals surface area contributed by atoms with Crippen LogP contribution in [0.5, 0.6) is 17.2 Å². The highest BCUT2D eigenvalue weighted by Crippen LogP contribution is 2.37. The number of hydrogen-bond acceptors (Lipinski definition) is 4. The first-order valence-electron chi connectivity index (χ1n) is 8.25. The lowest BCUT2D eigenvalue weighted by atomic mass is 10.1. The van der Waals surface area contributed by atoms with Crippen molar-refractivity contribution in [2.45, 2.75) is 19.8 Å². The predicted molar refractivity (Wildman–Crippen MR) is 98.1 cm³/mol. The van der Waals surface area contributed by atoms with Crippen LogP contribution < -0.4 is 14.2 Å². The summed E-state index contributed by atoms with van der Waals surface area (Å²) in [6.07, 6.45) is -4.82. The molecular formula is C19H19ClF3NO4. The summed E-state index contributed by atoms with van der Waals surface area (Å²) >= 11 is 6.18. The molecule has 28 heavy (non-hydrogen) atoms. The van der Waals surface area contributed by atoms with Gasteiger partial charge >= 0.3 is 6.36 Å². The van der Waals surface area contributed by atoms with Gasteiger partial charge in [-0.2, -0.15) is 0 Å².